The summed E-state index contributed by atoms with van der Waals surface area (Å²) >= 11 is 5.73. The maximum absolute atomic E-state index is 14.0. The molecule has 0 spiro atoms. The van der Waals surface area contributed by atoms with Gasteiger partial charge in [-0.2, -0.15) is 4.68 Å². The Kier molecular flexibility index (Phi) is 4.04. The molecular weight excluding hydrogens is 285 g/mol. The van der Waals surface area contributed by atoms with Gasteiger partial charge in [0.25, 0.3) is 0 Å². The van der Waals surface area contributed by atoms with Crippen LogP contribution in [0.2, 0.25) is 5.02 Å². The van der Waals surface area contributed by atoms with Gasteiger partial charge >= 0.3 is 0 Å². The van der Waals surface area contributed by atoms with Crippen molar-refractivity contribution in [2.75, 3.05) is 7.11 Å². The van der Waals surface area contributed by atoms with Crippen molar-refractivity contribution in [2.45, 2.75) is 13.8 Å². The van der Waals surface area contributed by atoms with Gasteiger partial charge in [0.1, 0.15) is 5.69 Å². The van der Waals surface area contributed by atoms with E-state index in [0.717, 1.165) is 4.68 Å². The first-order valence-corrected chi connectivity index (χ1v) is 6.33. The Bertz CT molecular complexity index is 655. The van der Waals surface area contributed by atoms with Gasteiger partial charge in [-0.15, -0.1) is 5.10 Å². The van der Waals surface area contributed by atoms with Crippen molar-refractivity contribution in [2.24, 2.45) is 5.92 Å². The van der Waals surface area contributed by atoms with E-state index < -0.39 is 5.82 Å². The van der Waals surface area contributed by atoms with Crippen molar-refractivity contribution in [3.8, 4) is 11.6 Å². The molecule has 0 saturated carbocycles. The average Bonchev–Trinajstić information content (AvgIpc) is 2.84. The topological polar surface area (TPSA) is 57.0 Å². The molecule has 0 saturated heterocycles. The fourth-order valence-electron chi connectivity index (χ4n) is 1.70. The number of hydrogen-bond acceptors (Lipinski definition) is 4. The summed E-state index contributed by atoms with van der Waals surface area (Å²) < 4.78 is 20.3. The van der Waals surface area contributed by atoms with E-state index in [-0.39, 0.29) is 34.0 Å². The molecular formula is C13H13ClFN3O2. The summed E-state index contributed by atoms with van der Waals surface area (Å²) in [5, 5.41) is 7.52. The Hall–Kier alpha value is -1.95. The Morgan fingerprint density at radius 1 is 1.45 bits per heavy atom. The highest BCUT2D eigenvalue weighted by molar-refractivity contribution is 6.30. The van der Waals surface area contributed by atoms with E-state index in [9.17, 15) is 9.18 Å². The third-order valence-electron chi connectivity index (χ3n) is 2.74. The number of ketones is 1. The monoisotopic (exact) mass is 297 g/mol. The summed E-state index contributed by atoms with van der Waals surface area (Å²) in [6.45, 7) is 3.47. The number of halogens is 2. The van der Waals surface area contributed by atoms with E-state index in [1.165, 1.54) is 19.2 Å². The van der Waals surface area contributed by atoms with Gasteiger partial charge in [-0.25, -0.2) is 4.39 Å². The van der Waals surface area contributed by atoms with Crippen LogP contribution < -0.4 is 4.74 Å². The highest BCUT2D eigenvalue weighted by Crippen LogP contribution is 2.27. The van der Waals surface area contributed by atoms with E-state index in [0.29, 0.717) is 0 Å². The van der Waals surface area contributed by atoms with E-state index in [1.807, 2.05) is 0 Å². The lowest BCUT2D eigenvalue weighted by Gasteiger charge is -2.08. The molecule has 20 heavy (non-hydrogen) atoms. The number of aromatic nitrogens is 3. The molecule has 0 amide bonds. The Morgan fingerprint density at radius 2 is 2.15 bits per heavy atom. The molecule has 0 radical (unpaired) electrons. The van der Waals surface area contributed by atoms with Crippen LogP contribution in [0.1, 0.15) is 24.3 Å². The molecule has 0 fully saturated rings. The molecule has 0 aliphatic heterocycles. The van der Waals surface area contributed by atoms with Crippen molar-refractivity contribution in [3.63, 3.8) is 0 Å². The van der Waals surface area contributed by atoms with Crippen LogP contribution in [-0.4, -0.2) is 27.9 Å². The zero-order chi connectivity index (χ0) is 14.9. The molecule has 5 nitrogen and oxygen atoms in total. The number of benzene rings is 1. The van der Waals surface area contributed by atoms with Crippen LogP contribution in [0.5, 0.6) is 5.88 Å². The predicted octanol–water partition coefficient (Wildman–Crippen LogP) is 2.91. The van der Waals surface area contributed by atoms with Crippen LogP contribution in [0.4, 0.5) is 4.39 Å². The van der Waals surface area contributed by atoms with E-state index >= 15 is 0 Å². The minimum atomic E-state index is -0.652. The van der Waals surface area contributed by atoms with Gasteiger partial charge < -0.3 is 4.74 Å². The summed E-state index contributed by atoms with van der Waals surface area (Å²) in [6.07, 6.45) is 0. The normalized spacial score (nSPS) is 10.9. The molecule has 7 heteroatoms. The van der Waals surface area contributed by atoms with Crippen LogP contribution in [-0.2, 0) is 0 Å². The Balaban J connectivity index is 2.59. The first-order valence-electron chi connectivity index (χ1n) is 5.95. The third-order valence-corrected chi connectivity index (χ3v) is 3.03. The smallest absolute Gasteiger partial charge is 0.248 e. The fraction of sp³-hybridized carbons (Fsp3) is 0.308. The Labute approximate surface area is 120 Å². The van der Waals surface area contributed by atoms with Crippen molar-refractivity contribution >= 4 is 17.4 Å². The zero-order valence-corrected chi connectivity index (χ0v) is 12.0. The van der Waals surface area contributed by atoms with Crippen molar-refractivity contribution in [1.29, 1.82) is 0 Å². The molecule has 0 N–H and O–H groups in total. The van der Waals surface area contributed by atoms with Gasteiger partial charge in [-0.1, -0.05) is 36.7 Å². The Morgan fingerprint density at radius 3 is 2.75 bits per heavy atom. The summed E-state index contributed by atoms with van der Waals surface area (Å²) in [4.78, 5) is 12.0. The zero-order valence-electron chi connectivity index (χ0n) is 11.2. The summed E-state index contributed by atoms with van der Waals surface area (Å²) in [6, 6.07) is 4.47. The van der Waals surface area contributed by atoms with Gasteiger partial charge in [0.2, 0.25) is 5.88 Å². The average molecular weight is 298 g/mol. The number of rotatable bonds is 4. The molecule has 2 aromatic rings. The van der Waals surface area contributed by atoms with Crippen molar-refractivity contribution in [3.05, 3.63) is 34.7 Å². The highest BCUT2D eigenvalue weighted by atomic mass is 35.5. The first kappa shape index (κ1) is 14.5. The molecule has 0 aliphatic carbocycles. The SMILES string of the molecule is COc1c(C(=O)C(C)C)nnn1-c1cccc(Cl)c1F. The summed E-state index contributed by atoms with van der Waals surface area (Å²) in [5.74, 6) is -1.06. The third kappa shape index (κ3) is 2.38. The lowest BCUT2D eigenvalue weighted by molar-refractivity contribution is 0.0931. The van der Waals surface area contributed by atoms with Gasteiger partial charge in [0, 0.05) is 5.92 Å². The van der Waals surface area contributed by atoms with E-state index in [4.69, 9.17) is 16.3 Å². The van der Waals surface area contributed by atoms with Crippen molar-refractivity contribution in [1.82, 2.24) is 15.0 Å². The standard InChI is InChI=1S/C13H13ClFN3O2/c1-7(2)12(19)11-13(20-3)18(17-16-11)9-6-4-5-8(14)10(9)15/h4-7H,1-3H3. The molecule has 1 heterocycles. The van der Waals surface area contributed by atoms with Gasteiger partial charge in [0.05, 0.1) is 12.1 Å². The number of carbonyl (C=O) groups excluding carboxylic acids is 1. The maximum atomic E-state index is 14.0. The molecule has 0 atom stereocenters. The largest absolute Gasteiger partial charge is 0.479 e. The van der Waals surface area contributed by atoms with Crippen LogP contribution in [0.3, 0.4) is 0 Å². The number of carbonyl (C=O) groups is 1. The fourth-order valence-corrected chi connectivity index (χ4v) is 1.87. The number of nitrogens with zero attached hydrogens (tertiary/aromatic N) is 3. The van der Waals surface area contributed by atoms with E-state index in [2.05, 4.69) is 10.3 Å². The minimum absolute atomic E-state index is 0.0446. The lowest BCUT2D eigenvalue weighted by Crippen LogP contribution is -2.10. The highest BCUT2D eigenvalue weighted by Gasteiger charge is 2.25. The lowest BCUT2D eigenvalue weighted by atomic mass is 10.1. The molecule has 106 valence electrons. The molecule has 1 aromatic carbocycles. The summed E-state index contributed by atoms with van der Waals surface area (Å²) in [7, 11) is 1.37. The quantitative estimate of drug-likeness (QED) is 0.814. The number of hydrogen-bond donors (Lipinski definition) is 0. The predicted molar refractivity (Wildman–Crippen MR) is 72.0 cm³/mol. The molecule has 0 bridgehead atoms. The molecule has 2 rings (SSSR count). The van der Waals surface area contributed by atoms with Crippen LogP contribution >= 0.6 is 11.6 Å². The molecule has 0 aliphatic rings. The van der Waals surface area contributed by atoms with Gasteiger partial charge in [0.15, 0.2) is 17.3 Å². The molecule has 0 unspecified atom stereocenters. The van der Waals surface area contributed by atoms with E-state index in [1.54, 1.807) is 19.9 Å². The van der Waals surface area contributed by atoms with Crippen LogP contribution in [0.25, 0.3) is 5.69 Å². The first-order chi connectivity index (χ1) is 9.47. The van der Waals surface area contributed by atoms with Crippen molar-refractivity contribution < 1.29 is 13.9 Å². The molecule has 1 aromatic heterocycles. The second-order valence-electron chi connectivity index (χ2n) is 4.45. The van der Waals surface area contributed by atoms with Gasteiger partial charge in [-0.3, -0.25) is 4.79 Å². The second-order valence-corrected chi connectivity index (χ2v) is 4.86. The van der Waals surface area contributed by atoms with Crippen LogP contribution in [0, 0.1) is 11.7 Å². The number of methoxy groups -OCH3 is 1. The summed E-state index contributed by atoms with van der Waals surface area (Å²) in [5.41, 5.74) is 0.145. The van der Waals surface area contributed by atoms with Gasteiger partial charge in [-0.05, 0) is 12.1 Å². The number of ether oxygens (including phenoxy) is 1. The maximum Gasteiger partial charge on any atom is 0.248 e. The number of Topliss-reactive ketones (excluding diaryl/α,β-unsaturated/α-hetero) is 1. The van der Waals surface area contributed by atoms with Crippen LogP contribution in [0.15, 0.2) is 18.2 Å². The minimum Gasteiger partial charge on any atom is -0.479 e. The second kappa shape index (κ2) is 5.58.